The van der Waals surface area contributed by atoms with Crippen LogP contribution in [0.4, 0.5) is 0 Å². The zero-order valence-corrected chi connectivity index (χ0v) is 10.5. The second-order valence-electron chi connectivity index (χ2n) is 3.73. The second-order valence-corrected chi connectivity index (χ2v) is 4.77. The van der Waals surface area contributed by atoms with Gasteiger partial charge in [-0.15, -0.1) is 11.8 Å². The van der Waals surface area contributed by atoms with Gasteiger partial charge in [-0.3, -0.25) is 0 Å². The third kappa shape index (κ3) is 3.53. The van der Waals surface area contributed by atoms with Crippen molar-refractivity contribution in [3.63, 3.8) is 0 Å². The summed E-state index contributed by atoms with van der Waals surface area (Å²) in [5.41, 5.74) is 0.961. The van der Waals surface area contributed by atoms with Crippen molar-refractivity contribution in [3.05, 3.63) is 42.6 Å². The van der Waals surface area contributed by atoms with Crippen LogP contribution in [0.15, 0.2) is 47.6 Å². The third-order valence-corrected chi connectivity index (χ3v) is 3.37. The minimum absolute atomic E-state index is 0.233. The SMILES string of the molecule is OC[C@H](O)CSc1ccnc(-c2ccccc2)n1. The number of nitrogens with zero attached hydrogens (tertiary/aromatic N) is 2. The maximum atomic E-state index is 9.29. The molecular formula is C13H14N2O2S. The summed E-state index contributed by atoms with van der Waals surface area (Å²) in [6.07, 6.45) is 0.980. The molecule has 94 valence electrons. The Labute approximate surface area is 110 Å². The number of benzene rings is 1. The molecule has 2 rings (SSSR count). The van der Waals surface area contributed by atoms with E-state index in [2.05, 4.69) is 9.97 Å². The molecule has 0 fully saturated rings. The van der Waals surface area contributed by atoms with Crippen molar-refractivity contribution in [1.82, 2.24) is 9.97 Å². The number of rotatable bonds is 5. The normalized spacial score (nSPS) is 12.3. The summed E-state index contributed by atoms with van der Waals surface area (Å²) in [5, 5.41) is 18.8. The van der Waals surface area contributed by atoms with Crippen molar-refractivity contribution in [1.29, 1.82) is 0 Å². The molecule has 0 saturated heterocycles. The van der Waals surface area contributed by atoms with Gasteiger partial charge in [0.2, 0.25) is 0 Å². The summed E-state index contributed by atoms with van der Waals surface area (Å²) in [7, 11) is 0. The molecule has 0 bridgehead atoms. The second kappa shape index (κ2) is 6.49. The van der Waals surface area contributed by atoms with Gasteiger partial charge in [-0.2, -0.15) is 0 Å². The quantitative estimate of drug-likeness (QED) is 0.632. The average Bonchev–Trinajstić information content (AvgIpc) is 2.46. The fourth-order valence-corrected chi connectivity index (χ4v) is 2.16. The number of aliphatic hydroxyl groups excluding tert-OH is 2. The van der Waals surface area contributed by atoms with Gasteiger partial charge in [0.25, 0.3) is 0 Å². The van der Waals surface area contributed by atoms with E-state index in [-0.39, 0.29) is 6.61 Å². The van der Waals surface area contributed by atoms with Crippen LogP contribution in [0.3, 0.4) is 0 Å². The minimum Gasteiger partial charge on any atom is -0.394 e. The Morgan fingerprint density at radius 2 is 1.94 bits per heavy atom. The van der Waals surface area contributed by atoms with Crippen LogP contribution in [0, 0.1) is 0 Å². The molecule has 1 heterocycles. The summed E-state index contributed by atoms with van der Waals surface area (Å²) in [6, 6.07) is 11.5. The summed E-state index contributed by atoms with van der Waals surface area (Å²) in [5.74, 6) is 1.08. The molecule has 0 spiro atoms. The van der Waals surface area contributed by atoms with Gasteiger partial charge in [0.15, 0.2) is 5.82 Å². The summed E-state index contributed by atoms with van der Waals surface area (Å²) < 4.78 is 0. The van der Waals surface area contributed by atoms with Gasteiger partial charge in [-0.05, 0) is 6.07 Å². The molecule has 5 heteroatoms. The Hall–Kier alpha value is -1.43. The van der Waals surface area contributed by atoms with Gasteiger partial charge in [0.1, 0.15) is 5.03 Å². The van der Waals surface area contributed by atoms with Gasteiger partial charge >= 0.3 is 0 Å². The lowest BCUT2D eigenvalue weighted by molar-refractivity contribution is 0.113. The van der Waals surface area contributed by atoms with Crippen LogP contribution in [-0.4, -0.2) is 38.6 Å². The zero-order chi connectivity index (χ0) is 12.8. The molecule has 0 unspecified atom stereocenters. The lowest BCUT2D eigenvalue weighted by Gasteiger charge is -2.06. The lowest BCUT2D eigenvalue weighted by Crippen LogP contribution is -2.14. The molecule has 1 atom stereocenters. The summed E-state index contributed by atoms with van der Waals surface area (Å²) in [6.45, 7) is -0.233. The third-order valence-electron chi connectivity index (χ3n) is 2.30. The summed E-state index contributed by atoms with van der Waals surface area (Å²) >= 11 is 1.40. The van der Waals surface area contributed by atoms with Gasteiger partial charge in [-0.1, -0.05) is 30.3 Å². The molecule has 1 aromatic heterocycles. The van der Waals surface area contributed by atoms with E-state index in [4.69, 9.17) is 5.11 Å². The van der Waals surface area contributed by atoms with Crippen molar-refractivity contribution < 1.29 is 10.2 Å². The Balaban J connectivity index is 2.11. The van der Waals surface area contributed by atoms with E-state index in [1.807, 2.05) is 30.3 Å². The Kier molecular flexibility index (Phi) is 4.69. The highest BCUT2D eigenvalue weighted by Gasteiger charge is 2.06. The molecule has 0 aliphatic carbocycles. The number of hydrogen-bond donors (Lipinski definition) is 2. The number of thioether (sulfide) groups is 1. The minimum atomic E-state index is -0.717. The van der Waals surface area contributed by atoms with E-state index >= 15 is 0 Å². The Bertz CT molecular complexity index is 493. The first-order valence-corrected chi connectivity index (χ1v) is 6.58. The smallest absolute Gasteiger partial charge is 0.160 e. The van der Waals surface area contributed by atoms with Crippen LogP contribution < -0.4 is 0 Å². The van der Waals surface area contributed by atoms with Crippen molar-refractivity contribution >= 4 is 11.8 Å². The van der Waals surface area contributed by atoms with Crippen molar-refractivity contribution in [2.24, 2.45) is 0 Å². The van der Waals surface area contributed by atoms with Gasteiger partial charge in [0, 0.05) is 17.5 Å². The van der Waals surface area contributed by atoms with Crippen molar-refractivity contribution in [3.8, 4) is 11.4 Å². The van der Waals surface area contributed by atoms with E-state index in [1.165, 1.54) is 11.8 Å². The molecule has 0 amide bonds. The van der Waals surface area contributed by atoms with Gasteiger partial charge in [-0.25, -0.2) is 9.97 Å². The highest BCUT2D eigenvalue weighted by atomic mass is 32.2. The molecular weight excluding hydrogens is 248 g/mol. The fourth-order valence-electron chi connectivity index (χ4n) is 1.38. The monoisotopic (exact) mass is 262 g/mol. The fraction of sp³-hybridized carbons (Fsp3) is 0.231. The van der Waals surface area contributed by atoms with Crippen LogP contribution in [0.2, 0.25) is 0 Å². The van der Waals surface area contributed by atoms with Crippen LogP contribution in [0.5, 0.6) is 0 Å². The van der Waals surface area contributed by atoms with Gasteiger partial charge < -0.3 is 10.2 Å². The molecule has 0 aliphatic rings. The zero-order valence-electron chi connectivity index (χ0n) is 9.73. The molecule has 2 aromatic rings. The first kappa shape index (κ1) is 13.0. The van der Waals surface area contributed by atoms with E-state index in [9.17, 15) is 5.11 Å². The van der Waals surface area contributed by atoms with E-state index in [0.29, 0.717) is 11.6 Å². The Morgan fingerprint density at radius 1 is 1.17 bits per heavy atom. The maximum Gasteiger partial charge on any atom is 0.160 e. The molecule has 0 aliphatic heterocycles. The first-order valence-electron chi connectivity index (χ1n) is 5.60. The van der Waals surface area contributed by atoms with Crippen LogP contribution in [-0.2, 0) is 0 Å². The number of aromatic nitrogens is 2. The van der Waals surface area contributed by atoms with E-state index in [1.54, 1.807) is 12.3 Å². The molecule has 1 aromatic carbocycles. The molecule has 18 heavy (non-hydrogen) atoms. The van der Waals surface area contributed by atoms with E-state index < -0.39 is 6.10 Å². The molecule has 0 radical (unpaired) electrons. The molecule has 0 saturated carbocycles. The van der Waals surface area contributed by atoms with E-state index in [0.717, 1.165) is 10.6 Å². The number of hydrogen-bond acceptors (Lipinski definition) is 5. The van der Waals surface area contributed by atoms with Gasteiger partial charge in [0.05, 0.1) is 12.7 Å². The predicted molar refractivity (Wildman–Crippen MR) is 71.3 cm³/mol. The molecule has 4 nitrogen and oxygen atoms in total. The highest BCUT2D eigenvalue weighted by molar-refractivity contribution is 7.99. The van der Waals surface area contributed by atoms with Crippen molar-refractivity contribution in [2.75, 3.05) is 12.4 Å². The largest absolute Gasteiger partial charge is 0.394 e. The Morgan fingerprint density at radius 3 is 2.67 bits per heavy atom. The molecule has 2 N–H and O–H groups in total. The predicted octanol–water partition coefficient (Wildman–Crippen LogP) is 1.59. The van der Waals surface area contributed by atoms with Crippen LogP contribution in [0.1, 0.15) is 0 Å². The summed E-state index contributed by atoms with van der Waals surface area (Å²) in [4.78, 5) is 8.63. The topological polar surface area (TPSA) is 66.2 Å². The number of aliphatic hydroxyl groups is 2. The lowest BCUT2D eigenvalue weighted by atomic mass is 10.2. The average molecular weight is 262 g/mol. The first-order chi connectivity index (χ1) is 8.79. The standard InChI is InChI=1S/C13H14N2O2S/c16-8-11(17)9-18-12-6-7-14-13(15-12)10-4-2-1-3-5-10/h1-7,11,16-17H,8-9H2/t11-/m0/s1. The highest BCUT2D eigenvalue weighted by Crippen LogP contribution is 2.20. The van der Waals surface area contributed by atoms with Crippen LogP contribution >= 0.6 is 11.8 Å². The van der Waals surface area contributed by atoms with Crippen LogP contribution in [0.25, 0.3) is 11.4 Å². The maximum absolute atomic E-state index is 9.29. The van der Waals surface area contributed by atoms with Crippen molar-refractivity contribution in [2.45, 2.75) is 11.1 Å².